The first-order valence-corrected chi connectivity index (χ1v) is 11.2. The second-order valence-corrected chi connectivity index (χ2v) is 8.63. The largest absolute Gasteiger partial charge is 0.493 e. The molecule has 2 N–H and O–H groups in total. The number of amides is 1. The number of aliphatic imine (C=N–C) groups is 1. The number of likely N-dealkylation sites (N-methyl/N-ethyl adjacent to an activating group) is 1. The Balaban J connectivity index is 1.55. The van der Waals surface area contributed by atoms with Crippen molar-refractivity contribution in [2.75, 3.05) is 53.4 Å². The molecule has 1 unspecified atom stereocenters. The topological polar surface area (TPSA) is 69.2 Å². The van der Waals surface area contributed by atoms with Crippen molar-refractivity contribution in [1.82, 2.24) is 20.4 Å². The molecule has 0 aromatic heterocycles. The van der Waals surface area contributed by atoms with Crippen molar-refractivity contribution in [1.29, 1.82) is 0 Å². The zero-order valence-electron chi connectivity index (χ0n) is 18.7. The highest BCUT2D eigenvalue weighted by atomic mass is 16.5. The van der Waals surface area contributed by atoms with Crippen molar-refractivity contribution in [3.63, 3.8) is 0 Å². The normalized spacial score (nSPS) is 20.2. The molecule has 7 heteroatoms. The smallest absolute Gasteiger partial charge is 0.243 e. The highest BCUT2D eigenvalue weighted by Crippen LogP contribution is 2.31. The molecule has 0 saturated carbocycles. The minimum absolute atomic E-state index is 0.00841. The predicted molar refractivity (Wildman–Crippen MR) is 121 cm³/mol. The summed E-state index contributed by atoms with van der Waals surface area (Å²) in [5.41, 5.74) is 1.14. The average Bonchev–Trinajstić information content (AvgIpc) is 2.76. The Morgan fingerprint density at radius 3 is 2.77 bits per heavy atom. The molecule has 2 heterocycles. The number of fused-ring (bicyclic) bond motifs is 1. The molecule has 1 saturated heterocycles. The summed E-state index contributed by atoms with van der Waals surface area (Å²) in [5.74, 6) is 2.47. The van der Waals surface area contributed by atoms with Crippen LogP contribution in [0.5, 0.6) is 5.75 Å². The zero-order valence-corrected chi connectivity index (χ0v) is 18.7. The fourth-order valence-corrected chi connectivity index (χ4v) is 3.89. The third-order valence-corrected chi connectivity index (χ3v) is 5.96. The van der Waals surface area contributed by atoms with E-state index in [0.29, 0.717) is 12.6 Å². The summed E-state index contributed by atoms with van der Waals surface area (Å²) in [6, 6.07) is 8.24. The van der Waals surface area contributed by atoms with Crippen LogP contribution in [0.25, 0.3) is 0 Å². The molecule has 1 aromatic carbocycles. The van der Waals surface area contributed by atoms with Gasteiger partial charge in [0, 0.05) is 32.6 Å². The summed E-state index contributed by atoms with van der Waals surface area (Å²) in [4.78, 5) is 20.7. The minimum Gasteiger partial charge on any atom is -0.493 e. The molecule has 2 aliphatic heterocycles. The van der Waals surface area contributed by atoms with Gasteiger partial charge in [-0.2, -0.15) is 0 Å². The van der Waals surface area contributed by atoms with E-state index in [1.807, 2.05) is 18.2 Å². The third-order valence-electron chi connectivity index (χ3n) is 5.96. The average molecular weight is 416 g/mol. The van der Waals surface area contributed by atoms with Gasteiger partial charge in [-0.05, 0) is 50.9 Å². The fraction of sp³-hybridized carbons (Fsp3) is 0.652. The van der Waals surface area contributed by atoms with Crippen LogP contribution >= 0.6 is 0 Å². The van der Waals surface area contributed by atoms with Gasteiger partial charge in [0.2, 0.25) is 5.91 Å². The number of rotatable bonds is 7. The van der Waals surface area contributed by atoms with Crippen LogP contribution in [0.2, 0.25) is 0 Å². The molecule has 0 bridgehead atoms. The van der Waals surface area contributed by atoms with E-state index >= 15 is 0 Å². The summed E-state index contributed by atoms with van der Waals surface area (Å²) in [7, 11) is 3.51. The number of guanidine groups is 1. The van der Waals surface area contributed by atoms with Gasteiger partial charge in [-0.25, -0.2) is 4.99 Å². The van der Waals surface area contributed by atoms with Crippen LogP contribution in [0.15, 0.2) is 29.3 Å². The van der Waals surface area contributed by atoms with Crippen LogP contribution in [0, 0.1) is 5.92 Å². The van der Waals surface area contributed by atoms with E-state index in [2.05, 4.69) is 33.5 Å². The van der Waals surface area contributed by atoms with E-state index in [1.165, 1.54) is 25.9 Å². The van der Waals surface area contributed by atoms with Crippen LogP contribution in [0.1, 0.15) is 44.2 Å². The number of para-hydroxylation sites is 1. The Morgan fingerprint density at radius 1 is 1.23 bits per heavy atom. The highest BCUT2D eigenvalue weighted by molar-refractivity contribution is 5.85. The Kier molecular flexibility index (Phi) is 8.37. The van der Waals surface area contributed by atoms with Crippen molar-refractivity contribution in [2.45, 2.75) is 38.6 Å². The number of likely N-dealkylation sites (tertiary alicyclic amines) is 1. The lowest BCUT2D eigenvalue weighted by Crippen LogP contribution is -2.43. The quantitative estimate of drug-likeness (QED) is 0.406. The number of ether oxygens (including phenoxy) is 1. The summed E-state index contributed by atoms with van der Waals surface area (Å²) in [6.07, 6.45) is 4.53. The van der Waals surface area contributed by atoms with E-state index in [1.54, 1.807) is 19.0 Å². The van der Waals surface area contributed by atoms with Crippen molar-refractivity contribution in [3.05, 3.63) is 29.8 Å². The fourth-order valence-electron chi connectivity index (χ4n) is 3.89. The van der Waals surface area contributed by atoms with Crippen LogP contribution < -0.4 is 15.4 Å². The summed E-state index contributed by atoms with van der Waals surface area (Å²) in [5, 5.41) is 6.97. The lowest BCUT2D eigenvalue weighted by Gasteiger charge is -2.30. The Hall–Kier alpha value is -2.28. The first kappa shape index (κ1) is 22.4. The van der Waals surface area contributed by atoms with Gasteiger partial charge < -0.3 is 25.2 Å². The van der Waals surface area contributed by atoms with Gasteiger partial charge in [-0.1, -0.05) is 25.1 Å². The second kappa shape index (κ2) is 11.2. The summed E-state index contributed by atoms with van der Waals surface area (Å²) in [6.45, 7) is 7.50. The molecule has 0 radical (unpaired) electrons. The molecule has 1 atom stereocenters. The van der Waals surface area contributed by atoms with Crippen molar-refractivity contribution >= 4 is 11.9 Å². The first-order valence-electron chi connectivity index (χ1n) is 11.2. The number of hydrogen-bond donors (Lipinski definition) is 2. The summed E-state index contributed by atoms with van der Waals surface area (Å²) >= 11 is 0. The molecule has 0 spiro atoms. The number of hydrogen-bond acceptors (Lipinski definition) is 4. The molecule has 2 aliphatic rings. The Morgan fingerprint density at radius 2 is 2.00 bits per heavy atom. The SMILES string of the molecule is CC1CCN(CCCNC(=NCC(=O)N(C)C)NC2CCOc3ccccc32)CC1. The molecule has 7 nitrogen and oxygen atoms in total. The van der Waals surface area contributed by atoms with E-state index in [-0.39, 0.29) is 18.5 Å². The van der Waals surface area contributed by atoms with Gasteiger partial charge in [0.1, 0.15) is 12.3 Å². The van der Waals surface area contributed by atoms with Crippen LogP contribution in [0.3, 0.4) is 0 Å². The predicted octanol–water partition coefficient (Wildman–Crippen LogP) is 2.26. The van der Waals surface area contributed by atoms with E-state index in [0.717, 1.165) is 43.2 Å². The molecule has 1 amide bonds. The molecular weight excluding hydrogens is 378 g/mol. The van der Waals surface area contributed by atoms with Crippen molar-refractivity contribution in [2.24, 2.45) is 10.9 Å². The molecule has 3 rings (SSSR count). The zero-order chi connectivity index (χ0) is 21.3. The van der Waals surface area contributed by atoms with Gasteiger partial charge in [0.15, 0.2) is 5.96 Å². The lowest BCUT2D eigenvalue weighted by molar-refractivity contribution is -0.127. The summed E-state index contributed by atoms with van der Waals surface area (Å²) < 4.78 is 5.77. The lowest BCUT2D eigenvalue weighted by atomic mass is 9.99. The number of benzene rings is 1. The molecular formula is C23H37N5O2. The van der Waals surface area contributed by atoms with E-state index < -0.39 is 0 Å². The van der Waals surface area contributed by atoms with Crippen LogP contribution in [0.4, 0.5) is 0 Å². The van der Waals surface area contributed by atoms with Crippen LogP contribution in [-0.4, -0.2) is 75.1 Å². The number of carbonyl (C=O) groups is 1. The number of piperidine rings is 1. The highest BCUT2D eigenvalue weighted by Gasteiger charge is 2.22. The Labute approximate surface area is 180 Å². The van der Waals surface area contributed by atoms with Gasteiger partial charge >= 0.3 is 0 Å². The van der Waals surface area contributed by atoms with Gasteiger partial charge in [-0.3, -0.25) is 4.79 Å². The maximum atomic E-state index is 12.0. The monoisotopic (exact) mass is 415 g/mol. The number of carbonyl (C=O) groups excluding carboxylic acids is 1. The maximum Gasteiger partial charge on any atom is 0.243 e. The van der Waals surface area contributed by atoms with Crippen molar-refractivity contribution in [3.8, 4) is 5.75 Å². The molecule has 1 fully saturated rings. The van der Waals surface area contributed by atoms with E-state index in [4.69, 9.17) is 4.74 Å². The van der Waals surface area contributed by atoms with Gasteiger partial charge in [0.05, 0.1) is 12.6 Å². The molecule has 30 heavy (non-hydrogen) atoms. The van der Waals surface area contributed by atoms with Crippen molar-refractivity contribution < 1.29 is 9.53 Å². The standard InChI is InChI=1S/C23H37N5O2/c1-18-9-14-28(15-10-18)13-6-12-24-23(25-17-22(29)27(2)3)26-20-11-16-30-21-8-5-4-7-19(20)21/h4-5,7-8,18,20H,6,9-17H2,1-3H3,(H2,24,25,26). The van der Waals surface area contributed by atoms with Crippen LogP contribution in [-0.2, 0) is 4.79 Å². The third kappa shape index (κ3) is 6.62. The van der Waals surface area contributed by atoms with Gasteiger partial charge in [-0.15, -0.1) is 0 Å². The second-order valence-electron chi connectivity index (χ2n) is 8.63. The number of nitrogens with zero attached hydrogens (tertiary/aromatic N) is 3. The Bertz CT molecular complexity index is 713. The number of nitrogens with one attached hydrogen (secondary N) is 2. The molecule has 0 aliphatic carbocycles. The maximum absolute atomic E-state index is 12.0. The minimum atomic E-state index is -0.00841. The van der Waals surface area contributed by atoms with Gasteiger partial charge in [0.25, 0.3) is 0 Å². The first-order chi connectivity index (χ1) is 14.5. The van der Waals surface area contributed by atoms with E-state index in [9.17, 15) is 4.79 Å². The molecule has 1 aromatic rings. The molecule has 166 valence electrons.